The number of carbonyl (C=O) groups excluding carboxylic acids is 2. The molecule has 2 unspecified atom stereocenters. The molecule has 0 aromatic heterocycles. The minimum Gasteiger partial charge on any atom is -0.459 e. The van der Waals surface area contributed by atoms with Crippen molar-refractivity contribution in [1.82, 2.24) is 0 Å². The Bertz CT molecular complexity index is 281. The van der Waals surface area contributed by atoms with E-state index in [1.54, 1.807) is 27.7 Å². The van der Waals surface area contributed by atoms with Crippen LogP contribution in [0.4, 0.5) is 4.79 Å². The molecule has 1 N–H and O–H groups in total. The van der Waals surface area contributed by atoms with Gasteiger partial charge in [0, 0.05) is 0 Å². The maximum atomic E-state index is 11.5. The molecule has 6 heteroatoms. The van der Waals surface area contributed by atoms with E-state index < -0.39 is 23.8 Å². The molecule has 0 radical (unpaired) electrons. The lowest BCUT2D eigenvalue weighted by molar-refractivity contribution is -0.160. The Hall–Kier alpha value is -1.30. The Labute approximate surface area is 107 Å². The number of carbonyl (C=O) groups is 2. The maximum Gasteiger partial charge on any atom is 0.508 e. The van der Waals surface area contributed by atoms with Crippen LogP contribution in [0.3, 0.4) is 0 Å². The molecule has 0 heterocycles. The summed E-state index contributed by atoms with van der Waals surface area (Å²) in [6.07, 6.45) is -2.06. The highest BCUT2D eigenvalue weighted by atomic mass is 16.7. The molecule has 106 valence electrons. The third-order valence-corrected chi connectivity index (χ3v) is 1.91. The highest BCUT2D eigenvalue weighted by Gasteiger charge is 2.25. The summed E-state index contributed by atoms with van der Waals surface area (Å²) in [6.45, 7) is 8.00. The summed E-state index contributed by atoms with van der Waals surface area (Å²) in [4.78, 5) is 22.6. The van der Waals surface area contributed by atoms with Crippen LogP contribution in [0, 0.1) is 5.41 Å². The molecule has 0 spiro atoms. The van der Waals surface area contributed by atoms with Crippen molar-refractivity contribution in [2.75, 3.05) is 13.2 Å². The van der Waals surface area contributed by atoms with E-state index in [2.05, 4.69) is 4.74 Å². The Morgan fingerprint density at radius 1 is 1.11 bits per heavy atom. The van der Waals surface area contributed by atoms with E-state index in [9.17, 15) is 9.59 Å². The van der Waals surface area contributed by atoms with Crippen LogP contribution in [0.5, 0.6) is 0 Å². The Balaban J connectivity index is 3.94. The third kappa shape index (κ3) is 7.11. The van der Waals surface area contributed by atoms with Crippen molar-refractivity contribution < 1.29 is 28.9 Å². The van der Waals surface area contributed by atoms with Gasteiger partial charge in [0.2, 0.25) is 0 Å². The van der Waals surface area contributed by atoms with Crippen LogP contribution >= 0.6 is 0 Å². The molecule has 6 nitrogen and oxygen atoms in total. The molecular weight excluding hydrogens is 240 g/mol. The minimum absolute atomic E-state index is 0.0845. The number of aliphatic hydroxyl groups excluding tert-OH is 1. The SMILES string of the molecule is CC(CO)OC(=O)OCC(C)OC(=O)C(C)(C)C. The number of ether oxygens (including phenoxy) is 3. The zero-order chi connectivity index (χ0) is 14.3. The van der Waals surface area contributed by atoms with Crippen molar-refractivity contribution in [3.8, 4) is 0 Å². The molecule has 0 aromatic carbocycles. The van der Waals surface area contributed by atoms with E-state index in [4.69, 9.17) is 14.6 Å². The number of esters is 1. The van der Waals surface area contributed by atoms with Gasteiger partial charge < -0.3 is 19.3 Å². The summed E-state index contributed by atoms with van der Waals surface area (Å²) in [7, 11) is 0. The van der Waals surface area contributed by atoms with Crippen LogP contribution < -0.4 is 0 Å². The average Bonchev–Trinajstić information content (AvgIpc) is 2.24. The number of aliphatic hydroxyl groups is 1. The van der Waals surface area contributed by atoms with Crippen LogP contribution in [0.2, 0.25) is 0 Å². The van der Waals surface area contributed by atoms with Crippen LogP contribution in [-0.4, -0.2) is 42.7 Å². The highest BCUT2D eigenvalue weighted by Crippen LogP contribution is 2.16. The van der Waals surface area contributed by atoms with Gasteiger partial charge >= 0.3 is 12.1 Å². The van der Waals surface area contributed by atoms with Crippen LogP contribution in [0.25, 0.3) is 0 Å². The lowest BCUT2D eigenvalue weighted by Crippen LogP contribution is -2.30. The topological polar surface area (TPSA) is 82.1 Å². The lowest BCUT2D eigenvalue weighted by atomic mass is 9.97. The molecule has 2 atom stereocenters. The van der Waals surface area contributed by atoms with Gasteiger partial charge in [0.1, 0.15) is 18.8 Å². The minimum atomic E-state index is -0.893. The fourth-order valence-corrected chi connectivity index (χ4v) is 0.814. The first-order chi connectivity index (χ1) is 8.16. The number of rotatable bonds is 5. The van der Waals surface area contributed by atoms with Crippen molar-refractivity contribution in [2.24, 2.45) is 5.41 Å². The molecule has 0 aliphatic carbocycles. The first-order valence-electron chi connectivity index (χ1n) is 5.82. The van der Waals surface area contributed by atoms with Gasteiger partial charge in [0.05, 0.1) is 12.0 Å². The predicted octanol–water partition coefficient (Wildman–Crippen LogP) is 1.50. The summed E-state index contributed by atoms with van der Waals surface area (Å²) in [6, 6.07) is 0. The van der Waals surface area contributed by atoms with Crippen molar-refractivity contribution in [1.29, 1.82) is 0 Å². The van der Waals surface area contributed by atoms with Gasteiger partial charge in [-0.25, -0.2) is 4.79 Å². The Morgan fingerprint density at radius 2 is 1.67 bits per heavy atom. The van der Waals surface area contributed by atoms with E-state index in [-0.39, 0.29) is 19.2 Å². The van der Waals surface area contributed by atoms with Gasteiger partial charge in [-0.3, -0.25) is 4.79 Å². The van der Waals surface area contributed by atoms with Gasteiger partial charge in [-0.1, -0.05) is 0 Å². The normalized spacial score (nSPS) is 14.6. The van der Waals surface area contributed by atoms with Crippen LogP contribution in [0.1, 0.15) is 34.6 Å². The molecule has 0 aliphatic rings. The molecule has 0 rings (SSSR count). The average molecular weight is 262 g/mol. The predicted molar refractivity (Wildman–Crippen MR) is 64.0 cm³/mol. The van der Waals surface area contributed by atoms with Gasteiger partial charge in [-0.15, -0.1) is 0 Å². The van der Waals surface area contributed by atoms with E-state index in [1.165, 1.54) is 6.92 Å². The summed E-state index contributed by atoms with van der Waals surface area (Å²) < 4.78 is 14.5. The standard InChI is InChI=1S/C12H22O6/c1-8(6-13)18-11(15)16-7-9(2)17-10(14)12(3,4)5/h8-9,13H,6-7H2,1-5H3. The van der Waals surface area contributed by atoms with E-state index in [0.717, 1.165) is 0 Å². The third-order valence-electron chi connectivity index (χ3n) is 1.91. The Kier molecular flexibility index (Phi) is 6.68. The van der Waals surface area contributed by atoms with Crippen LogP contribution in [-0.2, 0) is 19.0 Å². The van der Waals surface area contributed by atoms with Crippen LogP contribution in [0.15, 0.2) is 0 Å². The monoisotopic (exact) mass is 262 g/mol. The number of hydrogen-bond acceptors (Lipinski definition) is 6. The molecule has 0 fully saturated rings. The summed E-state index contributed by atoms with van der Waals surface area (Å²) in [5, 5.41) is 8.67. The summed E-state index contributed by atoms with van der Waals surface area (Å²) >= 11 is 0. The number of hydrogen-bond donors (Lipinski definition) is 1. The van der Waals surface area contributed by atoms with Crippen molar-refractivity contribution in [3.63, 3.8) is 0 Å². The van der Waals surface area contributed by atoms with E-state index >= 15 is 0 Å². The molecule has 0 aromatic rings. The zero-order valence-corrected chi connectivity index (χ0v) is 11.6. The summed E-state index contributed by atoms with van der Waals surface area (Å²) in [5.74, 6) is -0.365. The maximum absolute atomic E-state index is 11.5. The molecule has 0 aliphatic heterocycles. The fourth-order valence-electron chi connectivity index (χ4n) is 0.814. The fraction of sp³-hybridized carbons (Fsp3) is 0.833. The molecule has 18 heavy (non-hydrogen) atoms. The van der Waals surface area contributed by atoms with Gasteiger partial charge in [-0.05, 0) is 34.6 Å². The summed E-state index contributed by atoms with van der Waals surface area (Å²) in [5.41, 5.74) is -0.597. The molecule has 0 saturated heterocycles. The second-order valence-electron chi connectivity index (χ2n) is 5.14. The van der Waals surface area contributed by atoms with Crippen molar-refractivity contribution in [3.05, 3.63) is 0 Å². The van der Waals surface area contributed by atoms with Gasteiger partial charge in [0.15, 0.2) is 0 Å². The molecule has 0 bridgehead atoms. The second-order valence-corrected chi connectivity index (χ2v) is 5.14. The lowest BCUT2D eigenvalue weighted by Gasteiger charge is -2.20. The zero-order valence-electron chi connectivity index (χ0n) is 11.6. The van der Waals surface area contributed by atoms with Gasteiger partial charge in [-0.2, -0.15) is 0 Å². The largest absolute Gasteiger partial charge is 0.508 e. The smallest absolute Gasteiger partial charge is 0.459 e. The highest BCUT2D eigenvalue weighted by molar-refractivity contribution is 5.75. The van der Waals surface area contributed by atoms with Crippen molar-refractivity contribution >= 4 is 12.1 Å². The second kappa shape index (κ2) is 7.20. The molecule has 0 amide bonds. The quantitative estimate of drug-likeness (QED) is 0.756. The van der Waals surface area contributed by atoms with E-state index in [1.807, 2.05) is 0 Å². The van der Waals surface area contributed by atoms with E-state index in [0.29, 0.717) is 0 Å². The van der Waals surface area contributed by atoms with Crippen molar-refractivity contribution in [2.45, 2.75) is 46.8 Å². The molecular formula is C12H22O6. The van der Waals surface area contributed by atoms with Gasteiger partial charge in [0.25, 0.3) is 0 Å². The first kappa shape index (κ1) is 16.7. The Morgan fingerprint density at radius 3 is 2.11 bits per heavy atom. The molecule has 0 saturated carbocycles. The first-order valence-corrected chi connectivity index (χ1v) is 5.82.